The van der Waals surface area contributed by atoms with Crippen LogP contribution >= 0.6 is 11.6 Å². The molecule has 0 unspecified atom stereocenters. The van der Waals surface area contributed by atoms with Gasteiger partial charge in [-0.2, -0.15) is 4.31 Å². The molecule has 0 atom stereocenters. The summed E-state index contributed by atoms with van der Waals surface area (Å²) < 4.78 is 53.9. The Morgan fingerprint density at radius 3 is 2.03 bits per heavy atom. The molecule has 2 saturated heterocycles. The van der Waals surface area contributed by atoms with E-state index in [-0.39, 0.29) is 4.90 Å². The first-order chi connectivity index (χ1) is 15.8. The average molecular weight is 497 g/mol. The van der Waals surface area contributed by atoms with E-state index in [1.807, 2.05) is 12.1 Å². The quantitative estimate of drug-likeness (QED) is 0.520. The molecule has 178 valence electrons. The Bertz CT molecular complexity index is 1090. The predicted octanol–water partition coefficient (Wildman–Crippen LogP) is 5.14. The van der Waals surface area contributed by atoms with Gasteiger partial charge in [-0.25, -0.2) is 17.2 Å². The van der Waals surface area contributed by atoms with Gasteiger partial charge in [0.25, 0.3) is 0 Å². The molecule has 4 rings (SSSR count). The number of aldehydes is 1. The molecule has 9 heteroatoms. The third-order valence-corrected chi connectivity index (χ3v) is 9.01. The molecule has 2 aliphatic rings. The van der Waals surface area contributed by atoms with Crippen LogP contribution in [0, 0.1) is 23.5 Å². The molecule has 33 heavy (non-hydrogen) atoms. The molecule has 5 nitrogen and oxygen atoms in total. The van der Waals surface area contributed by atoms with Gasteiger partial charge in [0.1, 0.15) is 11.6 Å². The second-order valence-corrected chi connectivity index (χ2v) is 11.3. The van der Waals surface area contributed by atoms with Crippen molar-refractivity contribution in [3.63, 3.8) is 0 Å². The zero-order valence-electron chi connectivity index (χ0n) is 18.2. The van der Waals surface area contributed by atoms with E-state index in [1.165, 1.54) is 4.31 Å². The van der Waals surface area contributed by atoms with Crippen LogP contribution in [0.25, 0.3) is 0 Å². The van der Waals surface area contributed by atoms with E-state index in [9.17, 15) is 22.0 Å². The molecular formula is C24H27ClF2N2O3S. The van der Waals surface area contributed by atoms with E-state index in [1.54, 1.807) is 6.07 Å². The summed E-state index contributed by atoms with van der Waals surface area (Å²) in [6, 6.07) is 7.93. The second kappa shape index (κ2) is 10.1. The van der Waals surface area contributed by atoms with Crippen molar-refractivity contribution in [2.75, 3.05) is 31.1 Å². The van der Waals surface area contributed by atoms with Crippen LogP contribution in [-0.2, 0) is 10.0 Å². The molecule has 0 aliphatic carbocycles. The summed E-state index contributed by atoms with van der Waals surface area (Å²) in [5, 5.41) is 0.465. The minimum Gasteiger partial charge on any atom is -0.371 e. The molecule has 0 N–H and O–H groups in total. The molecule has 0 radical (unpaired) electrons. The smallest absolute Gasteiger partial charge is 0.243 e. The largest absolute Gasteiger partial charge is 0.371 e. The third kappa shape index (κ3) is 5.55. The highest BCUT2D eigenvalue weighted by atomic mass is 35.5. The van der Waals surface area contributed by atoms with Crippen molar-refractivity contribution in [3.8, 4) is 0 Å². The Morgan fingerprint density at radius 1 is 0.909 bits per heavy atom. The summed E-state index contributed by atoms with van der Waals surface area (Å²) in [5.41, 5.74) is 1.52. The van der Waals surface area contributed by atoms with Gasteiger partial charge in [-0.3, -0.25) is 4.79 Å². The van der Waals surface area contributed by atoms with Crippen molar-refractivity contribution in [1.82, 2.24) is 4.31 Å². The molecule has 2 fully saturated rings. The zero-order chi connectivity index (χ0) is 23.6. The molecule has 2 aliphatic heterocycles. The average Bonchev–Trinajstić information content (AvgIpc) is 2.79. The molecule has 0 spiro atoms. The van der Waals surface area contributed by atoms with Crippen molar-refractivity contribution in [1.29, 1.82) is 0 Å². The number of carbonyl (C=O) groups excluding carboxylic acids is 1. The summed E-state index contributed by atoms with van der Waals surface area (Å²) in [6.07, 6.45) is 5.41. The van der Waals surface area contributed by atoms with Gasteiger partial charge in [-0.1, -0.05) is 11.6 Å². The van der Waals surface area contributed by atoms with Crippen LogP contribution < -0.4 is 4.90 Å². The van der Waals surface area contributed by atoms with Gasteiger partial charge in [0.2, 0.25) is 10.0 Å². The maximum atomic E-state index is 13.5. The van der Waals surface area contributed by atoms with E-state index in [4.69, 9.17) is 11.6 Å². The number of anilines is 1. The lowest BCUT2D eigenvalue weighted by molar-refractivity contribution is 0.112. The highest BCUT2D eigenvalue weighted by Gasteiger charge is 2.31. The standard InChI is InChI=1S/C24H27ClF2N2O3S/c25-24-15-22(2-1-19(24)16-30)28-7-3-17(4-8-28)11-18-5-9-29(10-6-18)33(31,32)23-13-20(26)12-21(27)14-23/h1-2,12-18H,3-11H2. The number of rotatable bonds is 6. The monoisotopic (exact) mass is 496 g/mol. The summed E-state index contributed by atoms with van der Waals surface area (Å²) in [6.45, 7) is 2.57. The Kier molecular flexibility index (Phi) is 7.36. The maximum Gasteiger partial charge on any atom is 0.243 e. The van der Waals surface area contributed by atoms with Crippen LogP contribution in [0.2, 0.25) is 5.02 Å². The van der Waals surface area contributed by atoms with E-state index in [0.29, 0.717) is 41.6 Å². The Hall–Kier alpha value is -2.03. The first-order valence-corrected chi connectivity index (χ1v) is 13.0. The van der Waals surface area contributed by atoms with Gasteiger partial charge in [-0.05, 0) is 74.3 Å². The molecule has 2 aromatic rings. The summed E-state index contributed by atoms with van der Waals surface area (Å²) in [5.74, 6) is -0.761. The fourth-order valence-corrected chi connectivity index (χ4v) is 6.65. The molecule has 2 aromatic carbocycles. The van der Waals surface area contributed by atoms with Crippen molar-refractivity contribution >= 4 is 33.6 Å². The van der Waals surface area contributed by atoms with E-state index in [0.717, 1.165) is 69.3 Å². The highest BCUT2D eigenvalue weighted by Crippen LogP contribution is 2.33. The Morgan fingerprint density at radius 2 is 1.48 bits per heavy atom. The van der Waals surface area contributed by atoms with Gasteiger partial charge < -0.3 is 4.90 Å². The number of sulfonamides is 1. The van der Waals surface area contributed by atoms with Crippen molar-refractivity contribution in [2.24, 2.45) is 11.8 Å². The first-order valence-electron chi connectivity index (χ1n) is 11.2. The number of hydrogen-bond donors (Lipinski definition) is 0. The first kappa shape index (κ1) is 24.1. The van der Waals surface area contributed by atoms with E-state index in [2.05, 4.69) is 4.90 Å². The van der Waals surface area contributed by atoms with Crippen LogP contribution in [0.5, 0.6) is 0 Å². The topological polar surface area (TPSA) is 57.7 Å². The van der Waals surface area contributed by atoms with Crippen LogP contribution in [0.15, 0.2) is 41.3 Å². The third-order valence-electron chi connectivity index (χ3n) is 6.80. The van der Waals surface area contributed by atoms with Crippen LogP contribution in [0.4, 0.5) is 14.5 Å². The van der Waals surface area contributed by atoms with Crippen LogP contribution in [-0.4, -0.2) is 45.2 Å². The molecule has 2 heterocycles. The molecular weight excluding hydrogens is 470 g/mol. The van der Waals surface area contributed by atoms with Crippen molar-refractivity contribution in [2.45, 2.75) is 37.0 Å². The molecule has 0 saturated carbocycles. The molecule has 0 bridgehead atoms. The normalized spacial score (nSPS) is 19.1. The fraction of sp³-hybridized carbons (Fsp3) is 0.458. The van der Waals surface area contributed by atoms with Gasteiger partial charge in [0, 0.05) is 43.5 Å². The summed E-state index contributed by atoms with van der Waals surface area (Å²) >= 11 is 6.16. The van der Waals surface area contributed by atoms with Gasteiger partial charge in [-0.15, -0.1) is 0 Å². The molecule has 0 aromatic heterocycles. The summed E-state index contributed by atoms with van der Waals surface area (Å²) in [4.78, 5) is 12.9. The highest BCUT2D eigenvalue weighted by molar-refractivity contribution is 7.89. The lowest BCUT2D eigenvalue weighted by Gasteiger charge is -2.37. The van der Waals surface area contributed by atoms with Gasteiger partial charge >= 0.3 is 0 Å². The SMILES string of the molecule is O=Cc1ccc(N2CCC(CC3CCN(S(=O)(=O)c4cc(F)cc(F)c4)CC3)CC2)cc1Cl. The molecule has 0 amide bonds. The predicted molar refractivity (Wildman–Crippen MR) is 124 cm³/mol. The number of carbonyl (C=O) groups is 1. The van der Waals surface area contributed by atoms with E-state index < -0.39 is 21.7 Å². The van der Waals surface area contributed by atoms with Crippen LogP contribution in [0.3, 0.4) is 0 Å². The Balaban J connectivity index is 1.28. The number of halogens is 3. The zero-order valence-corrected chi connectivity index (χ0v) is 19.8. The summed E-state index contributed by atoms with van der Waals surface area (Å²) in [7, 11) is -3.90. The minimum atomic E-state index is -3.90. The van der Waals surface area contributed by atoms with Crippen molar-refractivity contribution < 1.29 is 22.0 Å². The number of piperidine rings is 2. The lowest BCUT2D eigenvalue weighted by Crippen LogP contribution is -2.39. The second-order valence-electron chi connectivity index (χ2n) is 8.94. The Labute approximate surface area is 198 Å². The van der Waals surface area contributed by atoms with Gasteiger partial charge in [0.15, 0.2) is 6.29 Å². The van der Waals surface area contributed by atoms with Crippen LogP contribution in [0.1, 0.15) is 42.5 Å². The fourth-order valence-electron chi connectivity index (χ4n) is 4.92. The number of nitrogens with zero attached hydrogens (tertiary/aromatic N) is 2. The number of hydrogen-bond acceptors (Lipinski definition) is 4. The van der Waals surface area contributed by atoms with E-state index >= 15 is 0 Å². The maximum absolute atomic E-state index is 13.5. The lowest BCUT2D eigenvalue weighted by atomic mass is 9.83. The van der Waals surface area contributed by atoms with Crippen molar-refractivity contribution in [3.05, 3.63) is 58.6 Å². The minimum absolute atomic E-state index is 0.327. The van der Waals surface area contributed by atoms with Gasteiger partial charge in [0.05, 0.1) is 9.92 Å². The number of benzene rings is 2.